The number of carbonyl (C=O) groups excluding carboxylic acids is 1. The van der Waals surface area contributed by atoms with Crippen LogP contribution in [0.4, 0.5) is 10.5 Å². The van der Waals surface area contributed by atoms with Gasteiger partial charge in [0.05, 0.1) is 13.7 Å². The third-order valence-electron chi connectivity index (χ3n) is 4.34. The van der Waals surface area contributed by atoms with Gasteiger partial charge in [0, 0.05) is 37.0 Å². The molecule has 25 heavy (non-hydrogen) atoms. The van der Waals surface area contributed by atoms with E-state index < -0.39 is 0 Å². The second-order valence-electron chi connectivity index (χ2n) is 6.21. The van der Waals surface area contributed by atoms with Crippen LogP contribution < -0.4 is 14.8 Å². The zero-order chi connectivity index (χ0) is 17.8. The molecular weight excluding hydrogens is 318 g/mol. The summed E-state index contributed by atoms with van der Waals surface area (Å²) in [5.41, 5.74) is 2.82. The molecule has 0 radical (unpaired) electrons. The Labute approximate surface area is 147 Å². The van der Waals surface area contributed by atoms with Gasteiger partial charge in [-0.05, 0) is 31.0 Å². The average molecular weight is 341 g/mol. The number of rotatable bonds is 4. The molecule has 1 unspecified atom stereocenters. The zero-order valence-corrected chi connectivity index (χ0v) is 14.8. The molecule has 1 atom stereocenters. The predicted octanol–water partition coefficient (Wildman–Crippen LogP) is 3.39. The van der Waals surface area contributed by atoms with Gasteiger partial charge in [0.15, 0.2) is 0 Å². The van der Waals surface area contributed by atoms with Crippen LogP contribution >= 0.6 is 0 Å². The highest BCUT2D eigenvalue weighted by Crippen LogP contribution is 2.27. The smallest absolute Gasteiger partial charge is 0.321 e. The first-order chi connectivity index (χ1) is 12.1. The van der Waals surface area contributed by atoms with E-state index in [0.29, 0.717) is 19.0 Å². The molecule has 1 N–H and O–H groups in total. The fourth-order valence-electron chi connectivity index (χ4n) is 2.98. The van der Waals surface area contributed by atoms with E-state index in [-0.39, 0.29) is 12.1 Å². The third kappa shape index (κ3) is 4.02. The molecule has 1 aliphatic heterocycles. The summed E-state index contributed by atoms with van der Waals surface area (Å²) in [7, 11) is 1.63. The van der Waals surface area contributed by atoms with Crippen molar-refractivity contribution in [3.05, 3.63) is 47.7 Å². The van der Waals surface area contributed by atoms with Crippen LogP contribution in [0.25, 0.3) is 0 Å². The fraction of sp³-hybridized carbons (Fsp3) is 0.368. The molecule has 2 aromatic rings. The van der Waals surface area contributed by atoms with Crippen molar-refractivity contribution in [2.24, 2.45) is 0 Å². The predicted molar refractivity (Wildman–Crippen MR) is 96.3 cm³/mol. The topological polar surface area (TPSA) is 63.7 Å². The summed E-state index contributed by atoms with van der Waals surface area (Å²) in [6.07, 6.45) is 2.46. The largest absolute Gasteiger partial charge is 0.496 e. The van der Waals surface area contributed by atoms with Crippen molar-refractivity contribution in [1.82, 2.24) is 9.88 Å². The molecule has 2 heterocycles. The Morgan fingerprint density at radius 3 is 2.84 bits per heavy atom. The lowest BCUT2D eigenvalue weighted by atomic mass is 10.1. The fourth-order valence-corrected chi connectivity index (χ4v) is 2.98. The SMILES string of the molecule is COc1cc(NC(=O)N2CCC(Oc3ccccn3)C2)c(C)cc1C. The molecule has 6 nitrogen and oxygen atoms in total. The normalized spacial score (nSPS) is 16.6. The number of nitrogens with zero attached hydrogens (tertiary/aromatic N) is 2. The zero-order valence-electron chi connectivity index (χ0n) is 14.8. The van der Waals surface area contributed by atoms with Crippen LogP contribution in [0.15, 0.2) is 36.5 Å². The number of aryl methyl sites for hydroxylation is 2. The number of nitrogens with one attached hydrogen (secondary N) is 1. The number of aromatic nitrogens is 1. The van der Waals surface area contributed by atoms with Crippen molar-refractivity contribution in [1.29, 1.82) is 0 Å². The van der Waals surface area contributed by atoms with Crippen molar-refractivity contribution in [2.45, 2.75) is 26.4 Å². The second kappa shape index (κ2) is 7.42. The first-order valence-corrected chi connectivity index (χ1v) is 8.35. The van der Waals surface area contributed by atoms with Gasteiger partial charge in [-0.1, -0.05) is 12.1 Å². The highest BCUT2D eigenvalue weighted by Gasteiger charge is 2.28. The Kier molecular flexibility index (Phi) is 5.07. The number of pyridine rings is 1. The summed E-state index contributed by atoms with van der Waals surface area (Å²) in [6, 6.07) is 9.30. The Balaban J connectivity index is 1.61. The first kappa shape index (κ1) is 17.1. The summed E-state index contributed by atoms with van der Waals surface area (Å²) in [5.74, 6) is 1.35. The number of carbonyl (C=O) groups is 1. The van der Waals surface area contributed by atoms with E-state index in [1.54, 1.807) is 18.2 Å². The van der Waals surface area contributed by atoms with Gasteiger partial charge >= 0.3 is 6.03 Å². The van der Waals surface area contributed by atoms with Gasteiger partial charge in [-0.25, -0.2) is 9.78 Å². The van der Waals surface area contributed by atoms with Gasteiger partial charge < -0.3 is 19.7 Å². The molecule has 2 amide bonds. The van der Waals surface area contributed by atoms with Crippen molar-refractivity contribution in [3.63, 3.8) is 0 Å². The van der Waals surface area contributed by atoms with Crippen LogP contribution in [0.2, 0.25) is 0 Å². The highest BCUT2D eigenvalue weighted by atomic mass is 16.5. The number of benzene rings is 1. The quantitative estimate of drug-likeness (QED) is 0.926. The van der Waals surface area contributed by atoms with Gasteiger partial charge in [-0.3, -0.25) is 0 Å². The molecule has 1 saturated heterocycles. The molecule has 1 aliphatic rings. The van der Waals surface area contributed by atoms with Crippen LogP contribution in [0.3, 0.4) is 0 Å². The minimum absolute atomic E-state index is 0.0331. The number of anilines is 1. The van der Waals surface area contributed by atoms with Crippen molar-refractivity contribution in [2.75, 3.05) is 25.5 Å². The monoisotopic (exact) mass is 341 g/mol. The Morgan fingerprint density at radius 2 is 2.12 bits per heavy atom. The van der Waals surface area contributed by atoms with E-state index in [4.69, 9.17) is 9.47 Å². The number of hydrogen-bond donors (Lipinski definition) is 1. The second-order valence-corrected chi connectivity index (χ2v) is 6.21. The van der Waals surface area contributed by atoms with E-state index >= 15 is 0 Å². The highest BCUT2D eigenvalue weighted by molar-refractivity contribution is 5.90. The lowest BCUT2D eigenvalue weighted by Crippen LogP contribution is -2.34. The number of hydrogen-bond acceptors (Lipinski definition) is 4. The van der Waals surface area contributed by atoms with Crippen LogP contribution in [0.5, 0.6) is 11.6 Å². The van der Waals surface area contributed by atoms with Crippen LogP contribution in [-0.2, 0) is 0 Å². The molecule has 1 aromatic carbocycles. The Morgan fingerprint density at radius 1 is 1.28 bits per heavy atom. The third-order valence-corrected chi connectivity index (χ3v) is 4.34. The lowest BCUT2D eigenvalue weighted by molar-refractivity contribution is 0.190. The Bertz CT molecular complexity index is 749. The van der Waals surface area contributed by atoms with Crippen molar-refractivity contribution in [3.8, 4) is 11.6 Å². The average Bonchev–Trinajstić information content (AvgIpc) is 3.07. The molecular formula is C19H23N3O3. The van der Waals surface area contributed by atoms with Gasteiger partial charge in [0.1, 0.15) is 11.9 Å². The molecule has 0 aliphatic carbocycles. The first-order valence-electron chi connectivity index (χ1n) is 8.35. The number of urea groups is 1. The number of likely N-dealkylation sites (tertiary alicyclic amines) is 1. The van der Waals surface area contributed by atoms with Gasteiger partial charge in [-0.15, -0.1) is 0 Å². The lowest BCUT2D eigenvalue weighted by Gasteiger charge is -2.19. The molecule has 3 rings (SSSR count). The molecule has 6 heteroatoms. The van der Waals surface area contributed by atoms with Gasteiger partial charge in [0.25, 0.3) is 0 Å². The minimum Gasteiger partial charge on any atom is -0.496 e. The molecule has 0 bridgehead atoms. The van der Waals surface area contributed by atoms with Crippen molar-refractivity contribution < 1.29 is 14.3 Å². The van der Waals surface area contributed by atoms with E-state index in [2.05, 4.69) is 10.3 Å². The van der Waals surface area contributed by atoms with E-state index in [1.165, 1.54) is 0 Å². The summed E-state index contributed by atoms with van der Waals surface area (Å²) < 4.78 is 11.2. The maximum atomic E-state index is 12.6. The molecule has 132 valence electrons. The van der Waals surface area contributed by atoms with E-state index in [9.17, 15) is 4.79 Å². The molecule has 0 spiro atoms. The molecule has 1 aromatic heterocycles. The van der Waals surface area contributed by atoms with Crippen LogP contribution in [-0.4, -0.2) is 42.2 Å². The maximum Gasteiger partial charge on any atom is 0.321 e. The maximum absolute atomic E-state index is 12.6. The van der Waals surface area contributed by atoms with E-state index in [1.807, 2.05) is 44.2 Å². The summed E-state index contributed by atoms with van der Waals surface area (Å²) in [6.45, 7) is 5.16. The summed E-state index contributed by atoms with van der Waals surface area (Å²) in [5, 5.41) is 2.97. The van der Waals surface area contributed by atoms with Crippen LogP contribution in [0, 0.1) is 13.8 Å². The van der Waals surface area contributed by atoms with Crippen LogP contribution in [0.1, 0.15) is 17.5 Å². The number of ether oxygens (including phenoxy) is 2. The summed E-state index contributed by atoms with van der Waals surface area (Å²) >= 11 is 0. The molecule has 1 fully saturated rings. The standard InChI is InChI=1S/C19H23N3O3/c1-13-10-14(2)17(24-3)11-16(13)21-19(23)22-9-7-15(12-22)25-18-6-4-5-8-20-18/h4-6,8,10-11,15H,7,9,12H2,1-3H3,(H,21,23). The number of methoxy groups -OCH3 is 1. The van der Waals surface area contributed by atoms with Gasteiger partial charge in [-0.2, -0.15) is 0 Å². The Hall–Kier alpha value is -2.76. The molecule has 0 saturated carbocycles. The summed E-state index contributed by atoms with van der Waals surface area (Å²) in [4.78, 5) is 18.5. The van der Waals surface area contributed by atoms with E-state index in [0.717, 1.165) is 29.0 Å². The number of amides is 2. The van der Waals surface area contributed by atoms with Crippen molar-refractivity contribution >= 4 is 11.7 Å². The van der Waals surface area contributed by atoms with Gasteiger partial charge in [0.2, 0.25) is 5.88 Å². The minimum atomic E-state index is -0.124.